The molecule has 1 heterocycles. The van der Waals surface area contributed by atoms with Gasteiger partial charge in [0.25, 0.3) is 0 Å². The number of nitrogens with zero attached hydrogens (tertiary/aromatic N) is 3. The Balaban J connectivity index is 2.31. The summed E-state index contributed by atoms with van der Waals surface area (Å²) in [6.45, 7) is 5.19. The molecule has 1 N–H and O–H groups in total. The molecule has 1 aromatic heterocycles. The van der Waals surface area contributed by atoms with Crippen molar-refractivity contribution in [2.75, 3.05) is 24.6 Å². The van der Waals surface area contributed by atoms with Gasteiger partial charge in [0.05, 0.1) is 6.61 Å². The van der Waals surface area contributed by atoms with Crippen LogP contribution in [0.15, 0.2) is 19.0 Å². The van der Waals surface area contributed by atoms with Gasteiger partial charge in [-0.3, -0.25) is 0 Å². The van der Waals surface area contributed by atoms with Crippen molar-refractivity contribution in [1.82, 2.24) is 9.97 Å². The van der Waals surface area contributed by atoms with Crippen LogP contribution in [0.2, 0.25) is 0 Å². The predicted molar refractivity (Wildman–Crippen MR) is 68.2 cm³/mol. The van der Waals surface area contributed by atoms with Gasteiger partial charge in [-0.05, 0) is 25.7 Å². The smallest absolute Gasteiger partial charge is 0.135 e. The third-order valence-electron chi connectivity index (χ3n) is 3.12. The molecule has 0 bridgehead atoms. The van der Waals surface area contributed by atoms with E-state index < -0.39 is 0 Å². The molecule has 0 saturated carbocycles. The fraction of sp³-hybridized carbons (Fsp3) is 0.538. The van der Waals surface area contributed by atoms with E-state index >= 15 is 0 Å². The van der Waals surface area contributed by atoms with Crippen molar-refractivity contribution in [3.8, 4) is 0 Å². The van der Waals surface area contributed by atoms with Gasteiger partial charge in [-0.25, -0.2) is 9.97 Å². The lowest BCUT2D eigenvalue weighted by molar-refractivity contribution is 0.302. The van der Waals surface area contributed by atoms with Crippen molar-refractivity contribution in [1.29, 1.82) is 0 Å². The highest BCUT2D eigenvalue weighted by molar-refractivity contribution is 5.50. The molecule has 1 aromatic rings. The van der Waals surface area contributed by atoms with Crippen molar-refractivity contribution < 1.29 is 5.11 Å². The van der Waals surface area contributed by atoms with Gasteiger partial charge in [0.2, 0.25) is 0 Å². The summed E-state index contributed by atoms with van der Waals surface area (Å²) in [5, 5.41) is 9.11. The van der Waals surface area contributed by atoms with E-state index in [1.54, 1.807) is 6.33 Å². The SMILES string of the molecule is C=CCN(CCO)c1ncnc2c1CCCC2. The van der Waals surface area contributed by atoms with Gasteiger partial charge in [-0.1, -0.05) is 6.08 Å². The van der Waals surface area contributed by atoms with Crippen LogP contribution in [0.3, 0.4) is 0 Å². The lowest BCUT2D eigenvalue weighted by Crippen LogP contribution is -2.29. The molecule has 4 heteroatoms. The van der Waals surface area contributed by atoms with E-state index in [9.17, 15) is 0 Å². The second-order valence-corrected chi connectivity index (χ2v) is 4.29. The molecule has 17 heavy (non-hydrogen) atoms. The molecule has 92 valence electrons. The number of anilines is 1. The van der Waals surface area contributed by atoms with Gasteiger partial charge in [0, 0.05) is 24.3 Å². The van der Waals surface area contributed by atoms with Crippen molar-refractivity contribution in [3.05, 3.63) is 30.2 Å². The molecule has 0 fully saturated rings. The zero-order valence-electron chi connectivity index (χ0n) is 10.1. The number of aliphatic hydroxyl groups is 1. The van der Waals surface area contributed by atoms with Gasteiger partial charge in [-0.15, -0.1) is 6.58 Å². The number of aliphatic hydroxyl groups excluding tert-OH is 1. The summed E-state index contributed by atoms with van der Waals surface area (Å²) in [5.74, 6) is 0.976. The Morgan fingerprint density at radius 2 is 2.18 bits per heavy atom. The van der Waals surface area contributed by atoms with Crippen LogP contribution in [0, 0.1) is 0 Å². The van der Waals surface area contributed by atoms with E-state index in [0.717, 1.165) is 18.7 Å². The Morgan fingerprint density at radius 3 is 2.94 bits per heavy atom. The van der Waals surface area contributed by atoms with Crippen LogP contribution in [0.25, 0.3) is 0 Å². The second-order valence-electron chi connectivity index (χ2n) is 4.29. The minimum Gasteiger partial charge on any atom is -0.395 e. The van der Waals surface area contributed by atoms with Crippen LogP contribution in [0.1, 0.15) is 24.1 Å². The lowest BCUT2D eigenvalue weighted by atomic mass is 9.96. The van der Waals surface area contributed by atoms with Crippen LogP contribution in [0.4, 0.5) is 5.82 Å². The number of fused-ring (bicyclic) bond motifs is 1. The number of rotatable bonds is 5. The van der Waals surface area contributed by atoms with E-state index in [-0.39, 0.29) is 6.61 Å². The third-order valence-corrected chi connectivity index (χ3v) is 3.12. The van der Waals surface area contributed by atoms with Crippen LogP contribution in [0.5, 0.6) is 0 Å². The molecule has 0 saturated heterocycles. The number of aryl methyl sites for hydroxylation is 1. The molecule has 0 spiro atoms. The van der Waals surface area contributed by atoms with E-state index in [4.69, 9.17) is 5.11 Å². The molecule has 1 aliphatic carbocycles. The first-order valence-electron chi connectivity index (χ1n) is 6.16. The highest BCUT2D eigenvalue weighted by Gasteiger charge is 2.18. The summed E-state index contributed by atoms with van der Waals surface area (Å²) in [4.78, 5) is 10.8. The average molecular weight is 233 g/mol. The van der Waals surface area contributed by atoms with Gasteiger partial charge in [0.1, 0.15) is 12.1 Å². The van der Waals surface area contributed by atoms with Gasteiger partial charge in [-0.2, -0.15) is 0 Å². The monoisotopic (exact) mass is 233 g/mol. The van der Waals surface area contributed by atoms with Crippen LogP contribution < -0.4 is 4.90 Å². The quantitative estimate of drug-likeness (QED) is 0.780. The maximum atomic E-state index is 9.11. The highest BCUT2D eigenvalue weighted by atomic mass is 16.3. The topological polar surface area (TPSA) is 49.2 Å². The van der Waals surface area contributed by atoms with E-state index in [0.29, 0.717) is 13.1 Å². The Labute approximate surface area is 102 Å². The molecule has 0 amide bonds. The number of aromatic nitrogens is 2. The maximum Gasteiger partial charge on any atom is 0.135 e. The van der Waals surface area contributed by atoms with E-state index in [1.165, 1.54) is 24.1 Å². The number of hydrogen-bond acceptors (Lipinski definition) is 4. The second kappa shape index (κ2) is 5.77. The van der Waals surface area contributed by atoms with Crippen molar-refractivity contribution in [3.63, 3.8) is 0 Å². The van der Waals surface area contributed by atoms with Crippen molar-refractivity contribution in [2.24, 2.45) is 0 Å². The number of hydrogen-bond donors (Lipinski definition) is 1. The molecular formula is C13H19N3O. The van der Waals surface area contributed by atoms with Crippen molar-refractivity contribution in [2.45, 2.75) is 25.7 Å². The minimum absolute atomic E-state index is 0.132. The normalized spacial score (nSPS) is 14.2. The van der Waals surface area contributed by atoms with E-state index in [2.05, 4.69) is 21.4 Å². The summed E-state index contributed by atoms with van der Waals surface area (Å²) in [6, 6.07) is 0. The van der Waals surface area contributed by atoms with Crippen LogP contribution in [-0.2, 0) is 12.8 Å². The minimum atomic E-state index is 0.132. The zero-order chi connectivity index (χ0) is 12.1. The molecule has 4 nitrogen and oxygen atoms in total. The summed E-state index contributed by atoms with van der Waals surface area (Å²) in [6.07, 6.45) is 7.98. The largest absolute Gasteiger partial charge is 0.395 e. The molecule has 0 aromatic carbocycles. The third kappa shape index (κ3) is 2.64. The summed E-state index contributed by atoms with van der Waals surface area (Å²) < 4.78 is 0. The summed E-state index contributed by atoms with van der Waals surface area (Å²) in [7, 11) is 0. The Kier molecular flexibility index (Phi) is 4.09. The predicted octanol–water partition coefficient (Wildman–Crippen LogP) is 1.34. The Morgan fingerprint density at radius 1 is 1.35 bits per heavy atom. The van der Waals surface area contributed by atoms with Gasteiger partial charge in [0.15, 0.2) is 0 Å². The lowest BCUT2D eigenvalue weighted by Gasteiger charge is -2.26. The molecule has 0 aliphatic heterocycles. The summed E-state index contributed by atoms with van der Waals surface area (Å²) >= 11 is 0. The Bertz CT molecular complexity index is 392. The molecule has 1 aliphatic rings. The molecule has 0 radical (unpaired) electrons. The standard InChI is InChI=1S/C13H19N3O/c1-2-7-16(8-9-17)13-11-5-3-4-6-12(11)14-10-15-13/h2,10,17H,1,3-9H2. The first-order chi connectivity index (χ1) is 8.36. The van der Waals surface area contributed by atoms with Crippen molar-refractivity contribution >= 4 is 5.82 Å². The van der Waals surface area contributed by atoms with Gasteiger partial charge < -0.3 is 10.0 Å². The first kappa shape index (κ1) is 12.0. The fourth-order valence-electron chi connectivity index (χ4n) is 2.34. The first-order valence-corrected chi connectivity index (χ1v) is 6.16. The Hall–Kier alpha value is -1.42. The fourth-order valence-corrected chi connectivity index (χ4v) is 2.34. The van der Waals surface area contributed by atoms with Gasteiger partial charge >= 0.3 is 0 Å². The molecule has 0 atom stereocenters. The maximum absolute atomic E-state index is 9.11. The highest BCUT2D eigenvalue weighted by Crippen LogP contribution is 2.26. The average Bonchev–Trinajstić information content (AvgIpc) is 2.38. The van der Waals surface area contributed by atoms with E-state index in [1.807, 2.05) is 6.08 Å². The molecule has 2 rings (SSSR count). The van der Waals surface area contributed by atoms with Crippen LogP contribution >= 0.6 is 0 Å². The summed E-state index contributed by atoms with van der Waals surface area (Å²) in [5.41, 5.74) is 2.43. The van der Waals surface area contributed by atoms with Crippen LogP contribution in [-0.4, -0.2) is 34.8 Å². The molecular weight excluding hydrogens is 214 g/mol. The molecule has 0 unspecified atom stereocenters. The zero-order valence-corrected chi connectivity index (χ0v) is 10.1.